The van der Waals surface area contributed by atoms with E-state index in [0.29, 0.717) is 16.8 Å². The predicted octanol–water partition coefficient (Wildman–Crippen LogP) is 3.99. The molecule has 88 valence electrons. The zero-order chi connectivity index (χ0) is 12.3. The molecule has 0 saturated heterocycles. The van der Waals surface area contributed by atoms with E-state index in [0.717, 1.165) is 5.56 Å². The second-order valence-corrected chi connectivity index (χ2v) is 5.37. The average Bonchev–Trinajstić information content (AvgIpc) is 2.14. The zero-order valence-corrected chi connectivity index (χ0v) is 11.3. The van der Waals surface area contributed by atoms with Crippen molar-refractivity contribution in [3.8, 4) is 0 Å². The Morgan fingerprint density at radius 1 is 1.31 bits per heavy atom. The minimum absolute atomic E-state index is 0.0158. The molecule has 3 heteroatoms. The minimum atomic E-state index is -0.311. The summed E-state index contributed by atoms with van der Waals surface area (Å²) in [5.41, 5.74) is 0.726. The van der Waals surface area contributed by atoms with Gasteiger partial charge in [-0.2, -0.15) is 0 Å². The maximum atomic E-state index is 13.1. The van der Waals surface area contributed by atoms with Gasteiger partial charge in [-0.1, -0.05) is 36.7 Å². The molecule has 1 aromatic rings. The van der Waals surface area contributed by atoms with Gasteiger partial charge in [0.15, 0.2) is 0 Å². The van der Waals surface area contributed by atoms with Crippen molar-refractivity contribution in [3.63, 3.8) is 0 Å². The van der Waals surface area contributed by atoms with Crippen LogP contribution in [-0.2, 0) is 11.2 Å². The summed E-state index contributed by atoms with van der Waals surface area (Å²) >= 11 is 3.22. The van der Waals surface area contributed by atoms with E-state index in [4.69, 9.17) is 0 Å². The van der Waals surface area contributed by atoms with Crippen LogP contribution in [0.2, 0.25) is 0 Å². The van der Waals surface area contributed by atoms with Crippen molar-refractivity contribution in [1.82, 2.24) is 0 Å². The Hall–Kier alpha value is -0.700. The van der Waals surface area contributed by atoms with Crippen LogP contribution in [0, 0.1) is 17.7 Å². The summed E-state index contributed by atoms with van der Waals surface area (Å²) in [6, 6.07) is 4.59. The molecule has 0 N–H and O–H groups in total. The molecule has 0 spiro atoms. The molecule has 0 heterocycles. The first-order chi connectivity index (χ1) is 7.40. The molecule has 0 amide bonds. The SMILES string of the molecule is CC(C)C(C)C(=O)Cc1cc(F)cc(Br)c1. The van der Waals surface area contributed by atoms with E-state index in [2.05, 4.69) is 15.9 Å². The Morgan fingerprint density at radius 2 is 1.94 bits per heavy atom. The topological polar surface area (TPSA) is 17.1 Å². The van der Waals surface area contributed by atoms with Gasteiger partial charge < -0.3 is 0 Å². The van der Waals surface area contributed by atoms with Crippen LogP contribution in [-0.4, -0.2) is 5.78 Å². The van der Waals surface area contributed by atoms with Crippen LogP contribution < -0.4 is 0 Å². The van der Waals surface area contributed by atoms with Gasteiger partial charge in [-0.05, 0) is 29.7 Å². The molecule has 0 saturated carbocycles. The lowest BCUT2D eigenvalue weighted by Crippen LogP contribution is -2.18. The molecular formula is C13H16BrFO. The third kappa shape index (κ3) is 3.71. The molecular weight excluding hydrogens is 271 g/mol. The summed E-state index contributed by atoms with van der Waals surface area (Å²) in [5.74, 6) is 0.188. The number of halogens is 2. The number of benzene rings is 1. The summed E-state index contributed by atoms with van der Waals surface area (Å²) < 4.78 is 13.8. The van der Waals surface area contributed by atoms with Crippen LogP contribution in [0.25, 0.3) is 0 Å². The minimum Gasteiger partial charge on any atom is -0.299 e. The van der Waals surface area contributed by atoms with E-state index in [9.17, 15) is 9.18 Å². The Bertz CT molecular complexity index is 367. The molecule has 1 unspecified atom stereocenters. The second kappa shape index (κ2) is 5.58. The molecule has 0 aromatic heterocycles. The first-order valence-corrected chi connectivity index (χ1v) is 6.17. The van der Waals surface area contributed by atoms with Crippen molar-refractivity contribution < 1.29 is 9.18 Å². The molecule has 16 heavy (non-hydrogen) atoms. The number of carbonyl (C=O) groups is 1. The van der Waals surface area contributed by atoms with Crippen LogP contribution >= 0.6 is 15.9 Å². The van der Waals surface area contributed by atoms with Crippen LogP contribution in [0.5, 0.6) is 0 Å². The molecule has 1 atom stereocenters. The third-order valence-corrected chi connectivity index (χ3v) is 3.27. The van der Waals surface area contributed by atoms with Gasteiger partial charge in [0.25, 0.3) is 0 Å². The highest BCUT2D eigenvalue weighted by Gasteiger charge is 2.17. The van der Waals surface area contributed by atoms with Gasteiger partial charge in [-0.3, -0.25) is 4.79 Å². The molecule has 0 fully saturated rings. The van der Waals surface area contributed by atoms with Gasteiger partial charge >= 0.3 is 0 Å². The first-order valence-electron chi connectivity index (χ1n) is 5.38. The molecule has 0 radical (unpaired) electrons. The van der Waals surface area contributed by atoms with Gasteiger partial charge in [-0.15, -0.1) is 0 Å². The van der Waals surface area contributed by atoms with E-state index in [1.165, 1.54) is 12.1 Å². The number of carbonyl (C=O) groups excluding carboxylic acids is 1. The summed E-state index contributed by atoms with van der Waals surface area (Å²) in [5, 5.41) is 0. The van der Waals surface area contributed by atoms with Crippen molar-refractivity contribution in [1.29, 1.82) is 0 Å². The van der Waals surface area contributed by atoms with Gasteiger partial charge in [0, 0.05) is 16.8 Å². The van der Waals surface area contributed by atoms with E-state index in [1.807, 2.05) is 20.8 Å². The molecule has 0 aliphatic rings. The van der Waals surface area contributed by atoms with Gasteiger partial charge in [0.05, 0.1) is 0 Å². The highest BCUT2D eigenvalue weighted by Crippen LogP contribution is 2.18. The lowest BCUT2D eigenvalue weighted by atomic mass is 9.90. The van der Waals surface area contributed by atoms with Crippen LogP contribution in [0.4, 0.5) is 4.39 Å². The summed E-state index contributed by atoms with van der Waals surface area (Å²) in [6.45, 7) is 5.95. The molecule has 1 nitrogen and oxygen atoms in total. The molecule has 0 aliphatic carbocycles. The normalized spacial score (nSPS) is 12.9. The maximum absolute atomic E-state index is 13.1. The standard InChI is InChI=1S/C13H16BrFO/c1-8(2)9(3)13(16)6-10-4-11(14)7-12(15)5-10/h4-5,7-9H,6H2,1-3H3. The van der Waals surface area contributed by atoms with E-state index in [-0.39, 0.29) is 17.5 Å². The summed E-state index contributed by atoms with van der Waals surface area (Å²) in [4.78, 5) is 11.8. The predicted molar refractivity (Wildman–Crippen MR) is 66.8 cm³/mol. The fourth-order valence-corrected chi connectivity index (χ4v) is 1.96. The fraction of sp³-hybridized carbons (Fsp3) is 0.462. The van der Waals surface area contributed by atoms with Gasteiger partial charge in [-0.25, -0.2) is 4.39 Å². The van der Waals surface area contributed by atoms with Gasteiger partial charge in [0.1, 0.15) is 11.6 Å². The maximum Gasteiger partial charge on any atom is 0.140 e. The van der Waals surface area contributed by atoms with Crippen LogP contribution in [0.1, 0.15) is 26.3 Å². The van der Waals surface area contributed by atoms with Gasteiger partial charge in [0.2, 0.25) is 0 Å². The monoisotopic (exact) mass is 286 g/mol. The third-order valence-electron chi connectivity index (χ3n) is 2.81. The van der Waals surface area contributed by atoms with Crippen molar-refractivity contribution >= 4 is 21.7 Å². The second-order valence-electron chi connectivity index (χ2n) is 4.45. The average molecular weight is 287 g/mol. The zero-order valence-electron chi connectivity index (χ0n) is 9.76. The highest BCUT2D eigenvalue weighted by molar-refractivity contribution is 9.10. The number of Topliss-reactive ketones (excluding diaryl/α,β-unsaturated/α-hetero) is 1. The largest absolute Gasteiger partial charge is 0.299 e. The van der Waals surface area contributed by atoms with E-state index >= 15 is 0 Å². The van der Waals surface area contributed by atoms with E-state index in [1.54, 1.807) is 6.07 Å². The Morgan fingerprint density at radius 3 is 2.44 bits per heavy atom. The fourth-order valence-electron chi connectivity index (χ4n) is 1.45. The lowest BCUT2D eigenvalue weighted by molar-refractivity contribution is -0.122. The van der Waals surface area contributed by atoms with Crippen LogP contribution in [0.15, 0.2) is 22.7 Å². The van der Waals surface area contributed by atoms with E-state index < -0.39 is 0 Å². The number of hydrogen-bond donors (Lipinski definition) is 0. The summed E-state index contributed by atoms with van der Waals surface area (Å²) in [6.07, 6.45) is 0.301. The molecule has 0 bridgehead atoms. The van der Waals surface area contributed by atoms with Crippen molar-refractivity contribution in [3.05, 3.63) is 34.1 Å². The molecule has 0 aliphatic heterocycles. The Balaban J connectivity index is 2.77. The molecule has 1 aromatic carbocycles. The van der Waals surface area contributed by atoms with Crippen molar-refractivity contribution in [2.75, 3.05) is 0 Å². The molecule has 1 rings (SSSR count). The van der Waals surface area contributed by atoms with Crippen LogP contribution in [0.3, 0.4) is 0 Å². The number of ketones is 1. The van der Waals surface area contributed by atoms with Crippen molar-refractivity contribution in [2.45, 2.75) is 27.2 Å². The first kappa shape index (κ1) is 13.4. The highest BCUT2D eigenvalue weighted by atomic mass is 79.9. The Kier molecular flexibility index (Phi) is 4.66. The number of hydrogen-bond acceptors (Lipinski definition) is 1. The Labute approximate surface area is 104 Å². The summed E-state index contributed by atoms with van der Waals surface area (Å²) in [7, 11) is 0. The van der Waals surface area contributed by atoms with Crippen molar-refractivity contribution in [2.24, 2.45) is 11.8 Å². The number of rotatable bonds is 4. The lowest BCUT2D eigenvalue weighted by Gasteiger charge is -2.14. The smallest absolute Gasteiger partial charge is 0.140 e. The quantitative estimate of drug-likeness (QED) is 0.818.